The minimum absolute atomic E-state index is 0. The monoisotopic (exact) mass is 330 g/mol. The van der Waals surface area contributed by atoms with Crippen molar-refractivity contribution in [3.63, 3.8) is 0 Å². The van der Waals surface area contributed by atoms with Crippen LogP contribution in [-0.4, -0.2) is 26.2 Å². The smallest absolute Gasteiger partial charge is 0.237 e. The van der Waals surface area contributed by atoms with Gasteiger partial charge in [-0.25, -0.2) is 0 Å². The van der Waals surface area contributed by atoms with Gasteiger partial charge in [0.05, 0.1) is 26.3 Å². The molecule has 1 unspecified atom stereocenters. The van der Waals surface area contributed by atoms with E-state index >= 15 is 0 Å². The van der Waals surface area contributed by atoms with Gasteiger partial charge in [-0.15, -0.1) is 12.4 Å². The topological polar surface area (TPSA) is 73.6 Å². The summed E-state index contributed by atoms with van der Waals surface area (Å²) in [4.78, 5) is 12.1. The predicted octanol–water partition coefficient (Wildman–Crippen LogP) is 2.68. The van der Waals surface area contributed by atoms with E-state index in [1.165, 1.54) is 0 Å². The highest BCUT2D eigenvalue weighted by Crippen LogP contribution is 2.29. The second-order valence-electron chi connectivity index (χ2n) is 5.57. The maximum absolute atomic E-state index is 12.1. The first-order chi connectivity index (χ1) is 9.88. The summed E-state index contributed by atoms with van der Waals surface area (Å²) in [7, 11) is 3.21. The zero-order valence-electron chi connectivity index (χ0n) is 13.9. The van der Waals surface area contributed by atoms with Crippen molar-refractivity contribution in [3.05, 3.63) is 23.8 Å². The standard InChI is InChI=1S/C16H26N2O3.ClH/c1-10(2)8-14(17)16(19)18-11(3)13-9-12(20-4)6-7-15(13)21-5;/h6-7,9-11,14H,8,17H2,1-5H3,(H,18,19);1H/t11?,14-;/m0./s1. The number of amides is 1. The lowest BCUT2D eigenvalue weighted by molar-refractivity contribution is -0.123. The molecule has 1 amide bonds. The largest absolute Gasteiger partial charge is 0.497 e. The van der Waals surface area contributed by atoms with Gasteiger partial charge in [-0.05, 0) is 37.5 Å². The Balaban J connectivity index is 0.00000441. The zero-order valence-corrected chi connectivity index (χ0v) is 14.7. The fourth-order valence-corrected chi connectivity index (χ4v) is 2.19. The van der Waals surface area contributed by atoms with Gasteiger partial charge < -0.3 is 20.5 Å². The van der Waals surface area contributed by atoms with Crippen LogP contribution in [0, 0.1) is 5.92 Å². The van der Waals surface area contributed by atoms with E-state index in [0.29, 0.717) is 18.1 Å². The summed E-state index contributed by atoms with van der Waals surface area (Å²) in [5.41, 5.74) is 6.77. The van der Waals surface area contributed by atoms with E-state index in [1.54, 1.807) is 14.2 Å². The fourth-order valence-electron chi connectivity index (χ4n) is 2.19. The van der Waals surface area contributed by atoms with Gasteiger partial charge in [-0.2, -0.15) is 0 Å². The van der Waals surface area contributed by atoms with Crippen LogP contribution in [0.15, 0.2) is 18.2 Å². The molecule has 0 aliphatic carbocycles. The number of benzene rings is 1. The van der Waals surface area contributed by atoms with Crippen molar-refractivity contribution in [2.24, 2.45) is 11.7 Å². The fraction of sp³-hybridized carbons (Fsp3) is 0.562. The van der Waals surface area contributed by atoms with Gasteiger partial charge in [0.15, 0.2) is 0 Å². The molecule has 0 bridgehead atoms. The first kappa shape index (κ1) is 20.5. The third-order valence-corrected chi connectivity index (χ3v) is 3.32. The third-order valence-electron chi connectivity index (χ3n) is 3.32. The Bertz CT molecular complexity index is 480. The van der Waals surface area contributed by atoms with Crippen LogP contribution < -0.4 is 20.5 Å². The summed E-state index contributed by atoms with van der Waals surface area (Å²) < 4.78 is 10.6. The third kappa shape index (κ3) is 5.73. The van der Waals surface area contributed by atoms with Gasteiger partial charge in [0.1, 0.15) is 11.5 Å². The number of ether oxygens (including phenoxy) is 2. The lowest BCUT2D eigenvalue weighted by Gasteiger charge is -2.21. The maximum atomic E-state index is 12.1. The zero-order chi connectivity index (χ0) is 16.0. The number of hydrogen-bond donors (Lipinski definition) is 2. The molecule has 1 aromatic rings. The van der Waals surface area contributed by atoms with Crippen molar-refractivity contribution in [2.45, 2.75) is 39.3 Å². The van der Waals surface area contributed by atoms with E-state index in [4.69, 9.17) is 15.2 Å². The van der Waals surface area contributed by atoms with E-state index in [1.807, 2.05) is 39.0 Å². The number of nitrogens with two attached hydrogens (primary N) is 1. The predicted molar refractivity (Wildman–Crippen MR) is 90.8 cm³/mol. The molecule has 0 spiro atoms. The second kappa shape index (κ2) is 9.54. The van der Waals surface area contributed by atoms with Gasteiger partial charge in [-0.1, -0.05) is 13.8 Å². The van der Waals surface area contributed by atoms with Crippen molar-refractivity contribution < 1.29 is 14.3 Å². The van der Waals surface area contributed by atoms with Crippen LogP contribution in [0.4, 0.5) is 0 Å². The summed E-state index contributed by atoms with van der Waals surface area (Å²) in [6.07, 6.45) is 0.661. The van der Waals surface area contributed by atoms with Gasteiger partial charge in [-0.3, -0.25) is 4.79 Å². The molecule has 0 fully saturated rings. The van der Waals surface area contributed by atoms with E-state index in [-0.39, 0.29) is 24.4 Å². The SMILES string of the molecule is COc1ccc(OC)c(C(C)NC(=O)[C@@H](N)CC(C)C)c1.Cl. The van der Waals surface area contributed by atoms with Gasteiger partial charge in [0, 0.05) is 5.56 Å². The summed E-state index contributed by atoms with van der Waals surface area (Å²) in [5, 5.41) is 2.93. The molecule has 2 atom stereocenters. The molecule has 0 saturated heterocycles. The Morgan fingerprint density at radius 3 is 2.36 bits per heavy atom. The average Bonchev–Trinajstić information content (AvgIpc) is 2.45. The van der Waals surface area contributed by atoms with Crippen LogP contribution in [0.25, 0.3) is 0 Å². The molecular formula is C16H27ClN2O3. The molecule has 1 aromatic carbocycles. The molecule has 126 valence electrons. The van der Waals surface area contributed by atoms with Gasteiger partial charge >= 0.3 is 0 Å². The number of carbonyl (C=O) groups is 1. The molecule has 0 aliphatic heterocycles. The van der Waals surface area contributed by atoms with Crippen LogP contribution in [-0.2, 0) is 4.79 Å². The van der Waals surface area contributed by atoms with E-state index in [2.05, 4.69) is 5.32 Å². The Hall–Kier alpha value is -1.46. The van der Waals surface area contributed by atoms with Crippen molar-refractivity contribution in [1.82, 2.24) is 5.32 Å². The van der Waals surface area contributed by atoms with Crippen LogP contribution in [0.5, 0.6) is 11.5 Å². The van der Waals surface area contributed by atoms with E-state index < -0.39 is 6.04 Å². The van der Waals surface area contributed by atoms with E-state index in [0.717, 1.165) is 11.3 Å². The van der Waals surface area contributed by atoms with Crippen molar-refractivity contribution in [1.29, 1.82) is 0 Å². The molecule has 0 aromatic heterocycles. The minimum atomic E-state index is -0.496. The lowest BCUT2D eigenvalue weighted by atomic mass is 10.0. The quantitative estimate of drug-likeness (QED) is 0.806. The highest BCUT2D eigenvalue weighted by atomic mass is 35.5. The Morgan fingerprint density at radius 1 is 1.23 bits per heavy atom. The molecule has 3 N–H and O–H groups in total. The molecule has 5 nitrogen and oxygen atoms in total. The van der Waals surface area contributed by atoms with Crippen LogP contribution >= 0.6 is 12.4 Å². The normalized spacial score (nSPS) is 13.0. The highest BCUT2D eigenvalue weighted by molar-refractivity contribution is 5.85. The maximum Gasteiger partial charge on any atom is 0.237 e. The highest BCUT2D eigenvalue weighted by Gasteiger charge is 2.20. The summed E-state index contributed by atoms with van der Waals surface area (Å²) in [6, 6.07) is 4.80. The van der Waals surface area contributed by atoms with Crippen molar-refractivity contribution in [2.75, 3.05) is 14.2 Å². The lowest BCUT2D eigenvalue weighted by Crippen LogP contribution is -2.42. The minimum Gasteiger partial charge on any atom is -0.497 e. The first-order valence-electron chi connectivity index (χ1n) is 7.16. The first-order valence-corrected chi connectivity index (χ1v) is 7.16. The number of halogens is 1. The molecule has 0 saturated carbocycles. The Labute approximate surface area is 139 Å². The Morgan fingerprint density at radius 2 is 1.86 bits per heavy atom. The molecule has 0 aliphatic rings. The van der Waals surface area contributed by atoms with Gasteiger partial charge in [0.2, 0.25) is 5.91 Å². The number of nitrogens with one attached hydrogen (secondary N) is 1. The molecule has 1 rings (SSSR count). The van der Waals surface area contributed by atoms with Crippen LogP contribution in [0.1, 0.15) is 38.8 Å². The number of rotatable bonds is 7. The number of methoxy groups -OCH3 is 2. The van der Waals surface area contributed by atoms with Crippen molar-refractivity contribution >= 4 is 18.3 Å². The molecular weight excluding hydrogens is 304 g/mol. The summed E-state index contributed by atoms with van der Waals surface area (Å²) in [6.45, 7) is 5.99. The summed E-state index contributed by atoms with van der Waals surface area (Å²) >= 11 is 0. The van der Waals surface area contributed by atoms with Gasteiger partial charge in [0.25, 0.3) is 0 Å². The molecule has 0 radical (unpaired) electrons. The Kier molecular flexibility index (Phi) is 8.90. The number of hydrogen-bond acceptors (Lipinski definition) is 4. The van der Waals surface area contributed by atoms with E-state index in [9.17, 15) is 4.79 Å². The molecule has 22 heavy (non-hydrogen) atoms. The van der Waals surface area contributed by atoms with Crippen LogP contribution in [0.2, 0.25) is 0 Å². The summed E-state index contributed by atoms with van der Waals surface area (Å²) in [5.74, 6) is 1.66. The molecule has 0 heterocycles. The number of carbonyl (C=O) groups excluding carboxylic acids is 1. The average molecular weight is 331 g/mol. The van der Waals surface area contributed by atoms with Crippen LogP contribution in [0.3, 0.4) is 0 Å². The molecule has 6 heteroatoms. The van der Waals surface area contributed by atoms with Crippen molar-refractivity contribution in [3.8, 4) is 11.5 Å². The second-order valence-corrected chi connectivity index (χ2v) is 5.57.